The Labute approximate surface area is 596 Å². The number of phenolic OH excluding ortho intramolecular Hbond substituents is 1. The number of benzene rings is 2. The summed E-state index contributed by atoms with van der Waals surface area (Å²) in [7, 11) is 7.97. The van der Waals surface area contributed by atoms with Crippen LogP contribution in [0.4, 0.5) is 4.39 Å². The molecule has 0 saturated carbocycles. The van der Waals surface area contributed by atoms with Crippen molar-refractivity contribution in [2.75, 3.05) is 68.5 Å². The number of carbonyl (C=O) groups excluding carboxylic acids is 12. The molecule has 2 heterocycles. The molecule has 12 amide bonds. The van der Waals surface area contributed by atoms with E-state index >= 15 is 23.6 Å². The zero-order valence-corrected chi connectivity index (χ0v) is 62.9. The van der Waals surface area contributed by atoms with Crippen LogP contribution < -0.4 is 26.6 Å². The lowest BCUT2D eigenvalue weighted by Gasteiger charge is -2.37. The first-order valence-electron chi connectivity index (χ1n) is 35.3. The molecule has 2 aliphatic rings. The second-order valence-corrected chi connectivity index (χ2v) is 30.0. The quantitative estimate of drug-likeness (QED) is 0.127. The average molecular weight is 1420 g/mol. The number of rotatable bonds is 16. The van der Waals surface area contributed by atoms with Gasteiger partial charge in [-0.1, -0.05) is 91.8 Å². The van der Waals surface area contributed by atoms with Gasteiger partial charge in [0.1, 0.15) is 60.4 Å². The molecule has 0 aliphatic carbocycles. The summed E-state index contributed by atoms with van der Waals surface area (Å²) in [6, 6.07) is -2.56. The van der Waals surface area contributed by atoms with E-state index in [-0.39, 0.29) is 61.3 Å². The van der Waals surface area contributed by atoms with Crippen molar-refractivity contribution in [3.05, 3.63) is 65.5 Å². The van der Waals surface area contributed by atoms with Crippen LogP contribution in [-0.2, 0) is 75.1 Å². The van der Waals surface area contributed by atoms with Crippen molar-refractivity contribution in [3.8, 4) is 5.75 Å². The summed E-state index contributed by atoms with van der Waals surface area (Å²) in [6.45, 7) is 21.8. The summed E-state index contributed by atoms with van der Waals surface area (Å²) in [5, 5.41) is 35.1. The van der Waals surface area contributed by atoms with Crippen molar-refractivity contribution in [3.63, 3.8) is 0 Å². The van der Waals surface area contributed by atoms with Crippen molar-refractivity contribution in [2.24, 2.45) is 23.7 Å². The molecule has 4 rings (SSSR count). The first-order valence-corrected chi connectivity index (χ1v) is 35.3. The second kappa shape index (κ2) is 38.7. The SMILES string of the molecule is CC(C)C[C@H]1NC(=O)C[C@@H](C(=O)N2CCCCC2)NC(=O)[C@H](C)N(C)C(=O)[C@H](CC(C)C)N(C)C(=O)[C@H](COC(C)(C)C)NC(=O)[C@H](CC(C)C)N(C)C(=O)CN(C)C(=O)[C@H]([C@@H](C)O)NC(=O)[C@H](CC(C)C)N(C)C(=O)[C@H](Cc2ccc(O)c(F)c2)NC(=O)[C@H](Cc2ccccc2)N(C)C1=O. The van der Waals surface area contributed by atoms with Gasteiger partial charge in [0.25, 0.3) is 0 Å². The van der Waals surface area contributed by atoms with Crippen LogP contribution >= 0.6 is 0 Å². The van der Waals surface area contributed by atoms with Gasteiger partial charge < -0.3 is 75.8 Å². The molecule has 27 nitrogen and oxygen atoms in total. The molecule has 0 aromatic heterocycles. The van der Waals surface area contributed by atoms with Gasteiger partial charge in [0.15, 0.2) is 11.6 Å². The molecule has 11 atom stereocenters. The molecular weight excluding hydrogens is 1300 g/mol. The number of phenols is 1. The number of aliphatic hydroxyl groups is 1. The summed E-state index contributed by atoms with van der Waals surface area (Å²) >= 11 is 0. The van der Waals surface area contributed by atoms with Gasteiger partial charge in [-0.05, 0) is 126 Å². The molecule has 0 bridgehead atoms. The lowest BCUT2D eigenvalue weighted by Crippen LogP contribution is -2.62. The number of carbonyl (C=O) groups is 12. The van der Waals surface area contributed by atoms with Crippen LogP contribution in [-0.4, -0.2) is 256 Å². The zero-order chi connectivity index (χ0) is 76.2. The third kappa shape index (κ3) is 25.3. The zero-order valence-electron chi connectivity index (χ0n) is 62.9. The smallest absolute Gasteiger partial charge is 0.248 e. The summed E-state index contributed by atoms with van der Waals surface area (Å²) in [4.78, 5) is 187. The predicted octanol–water partition coefficient (Wildman–Crippen LogP) is 3.15. The fourth-order valence-corrected chi connectivity index (χ4v) is 12.2. The molecule has 0 radical (unpaired) electrons. The Kier molecular flexibility index (Phi) is 32.6. The molecule has 564 valence electrons. The molecule has 2 aliphatic heterocycles. The van der Waals surface area contributed by atoms with Crippen molar-refractivity contribution >= 4 is 70.9 Å². The minimum absolute atomic E-state index is 0.00436. The lowest BCUT2D eigenvalue weighted by molar-refractivity contribution is -0.151. The number of hydrogen-bond acceptors (Lipinski definition) is 15. The number of amides is 12. The van der Waals surface area contributed by atoms with Crippen LogP contribution in [0.1, 0.15) is 153 Å². The summed E-state index contributed by atoms with van der Waals surface area (Å²) in [5.74, 6) is -12.5. The van der Waals surface area contributed by atoms with Gasteiger partial charge in [0.2, 0.25) is 70.9 Å². The van der Waals surface area contributed by atoms with Gasteiger partial charge in [-0.2, -0.15) is 0 Å². The van der Waals surface area contributed by atoms with Crippen LogP contribution in [0.15, 0.2) is 48.5 Å². The van der Waals surface area contributed by atoms with E-state index in [1.54, 1.807) is 78.8 Å². The van der Waals surface area contributed by atoms with E-state index < -0.39 is 181 Å². The van der Waals surface area contributed by atoms with Crippen LogP contribution in [0.2, 0.25) is 0 Å². The fourth-order valence-electron chi connectivity index (χ4n) is 12.2. The minimum Gasteiger partial charge on any atom is -0.505 e. The van der Waals surface area contributed by atoms with E-state index in [2.05, 4.69) is 26.6 Å². The highest BCUT2D eigenvalue weighted by Crippen LogP contribution is 2.24. The Morgan fingerprint density at radius 1 is 0.545 bits per heavy atom. The number of halogens is 1. The maximum Gasteiger partial charge on any atom is 0.248 e. The van der Waals surface area contributed by atoms with Crippen molar-refractivity contribution in [1.29, 1.82) is 0 Å². The molecule has 28 heteroatoms. The Bertz CT molecular complexity index is 3190. The van der Waals surface area contributed by atoms with Crippen LogP contribution in [0.5, 0.6) is 5.75 Å². The monoisotopic (exact) mass is 1420 g/mol. The van der Waals surface area contributed by atoms with E-state index in [4.69, 9.17) is 4.74 Å². The van der Waals surface area contributed by atoms with Crippen molar-refractivity contribution in [1.82, 2.24) is 60.9 Å². The van der Waals surface area contributed by atoms with Crippen molar-refractivity contribution in [2.45, 2.75) is 226 Å². The maximum absolute atomic E-state index is 15.3. The summed E-state index contributed by atoms with van der Waals surface area (Å²) in [6.07, 6.45) is -0.701. The third-order valence-electron chi connectivity index (χ3n) is 18.3. The summed E-state index contributed by atoms with van der Waals surface area (Å²) < 4.78 is 21.3. The van der Waals surface area contributed by atoms with Gasteiger partial charge in [-0.15, -0.1) is 0 Å². The Morgan fingerprint density at radius 2 is 1.04 bits per heavy atom. The number of piperidine rings is 1. The number of hydrogen-bond donors (Lipinski definition) is 7. The number of aliphatic hydroxyl groups excluding tert-OH is 1. The first kappa shape index (κ1) is 85.1. The number of aromatic hydroxyl groups is 1. The van der Waals surface area contributed by atoms with E-state index in [1.807, 2.05) is 27.7 Å². The van der Waals surface area contributed by atoms with Crippen LogP contribution in [0, 0.1) is 29.5 Å². The van der Waals surface area contributed by atoms with Gasteiger partial charge in [-0.25, -0.2) is 4.39 Å². The Hall–Kier alpha value is -8.27. The minimum atomic E-state index is -1.74. The molecule has 0 spiro atoms. The molecule has 2 fully saturated rings. The molecule has 2 saturated heterocycles. The Balaban J connectivity index is 1.98. The van der Waals surface area contributed by atoms with Gasteiger partial charge in [-0.3, -0.25) is 57.5 Å². The van der Waals surface area contributed by atoms with Crippen molar-refractivity contribution < 1.29 is 76.9 Å². The predicted molar refractivity (Wildman–Crippen MR) is 378 cm³/mol. The van der Waals surface area contributed by atoms with E-state index in [0.717, 1.165) is 43.1 Å². The molecule has 2 aromatic rings. The van der Waals surface area contributed by atoms with E-state index in [0.29, 0.717) is 31.5 Å². The highest BCUT2D eigenvalue weighted by atomic mass is 19.1. The first-order chi connectivity index (χ1) is 47.0. The Morgan fingerprint density at radius 3 is 1.58 bits per heavy atom. The fraction of sp³-hybridized carbons (Fsp3) is 0.671. The average Bonchev–Trinajstić information content (AvgIpc) is 0.823. The number of nitrogens with zero attached hydrogens (tertiary/aromatic N) is 7. The van der Waals surface area contributed by atoms with Gasteiger partial charge >= 0.3 is 0 Å². The molecule has 2 aromatic carbocycles. The van der Waals surface area contributed by atoms with Gasteiger partial charge in [0.05, 0.1) is 31.3 Å². The number of likely N-dealkylation sites (tertiary alicyclic amines) is 1. The number of nitrogens with one attached hydrogen (secondary N) is 5. The molecule has 7 N–H and O–H groups in total. The normalized spacial score (nSPS) is 25.0. The van der Waals surface area contributed by atoms with Crippen LogP contribution in [0.25, 0.3) is 0 Å². The molecule has 0 unspecified atom stereocenters. The van der Waals surface area contributed by atoms with Gasteiger partial charge in [0, 0.05) is 68.2 Å². The topological polar surface area (TPSA) is 337 Å². The lowest BCUT2D eigenvalue weighted by atomic mass is 9.97. The summed E-state index contributed by atoms with van der Waals surface area (Å²) in [5.41, 5.74) is -0.177. The van der Waals surface area contributed by atoms with E-state index in [1.165, 1.54) is 72.0 Å². The number of ether oxygens (including phenoxy) is 1. The standard InChI is InChI=1S/C73H115FN12O15/c1-42(2)32-51-67(95)84(18)57(38-48-26-22-20-23-27-48)65(93)77-52(37-49-28-29-59(88)50(74)36-49)68(96)83(17)56(34-44(5)6)66(94)79-62(47(10)87)72(100)80(14)40-61(90)82(16)55(33-43(3)4)64(92)78-54(41-101-73(11,12)13)69(97)85(19)58(35-45(7)8)71(99)81(15)46(9)63(91)76-53(39-60(89)75-51)70(98)86-30-24-21-25-31-86/h20,22-23,26-29,36,42-47,51-58,62,87-88H,21,24-25,30-35,37-41H2,1-19H3,(H,75,89)(H,76,91)(H,77,93)(H,78,92)(H,79,94)/t46-,47+,51+,52-,53-,54-,55-,56-,57-,58-,62-/m0/s1. The van der Waals surface area contributed by atoms with E-state index in [9.17, 15) is 48.6 Å². The molecular formula is C73H115FN12O15. The largest absolute Gasteiger partial charge is 0.505 e. The van der Waals surface area contributed by atoms with Crippen LogP contribution in [0.3, 0.4) is 0 Å². The molecule has 101 heavy (non-hydrogen) atoms. The highest BCUT2D eigenvalue weighted by Gasteiger charge is 2.43. The second-order valence-electron chi connectivity index (χ2n) is 30.0. The maximum atomic E-state index is 15.3. The third-order valence-corrected chi connectivity index (χ3v) is 18.3. The number of likely N-dealkylation sites (N-methyl/N-ethyl adjacent to an activating group) is 6. The highest BCUT2D eigenvalue weighted by molar-refractivity contribution is 6.00.